The SMILES string of the molecule is CCCOc1ccc(C(=O)OCC(=O)NC(=O)NC2CCCCC2)cc1OC. The second-order valence-electron chi connectivity index (χ2n) is 6.65. The summed E-state index contributed by atoms with van der Waals surface area (Å²) in [5.41, 5.74) is 0.222. The first-order valence-electron chi connectivity index (χ1n) is 9.61. The Bertz CT molecular complexity index is 685. The van der Waals surface area contributed by atoms with E-state index in [1.807, 2.05) is 6.92 Å². The van der Waals surface area contributed by atoms with Crippen molar-refractivity contribution in [3.63, 3.8) is 0 Å². The quantitative estimate of drug-likeness (QED) is 0.660. The van der Waals surface area contributed by atoms with Crippen LogP contribution in [0.4, 0.5) is 4.79 Å². The van der Waals surface area contributed by atoms with Crippen molar-refractivity contribution in [3.8, 4) is 11.5 Å². The number of amides is 3. The summed E-state index contributed by atoms with van der Waals surface area (Å²) in [5, 5.41) is 4.94. The summed E-state index contributed by atoms with van der Waals surface area (Å²) < 4.78 is 15.7. The molecule has 1 fully saturated rings. The van der Waals surface area contributed by atoms with Crippen LogP contribution >= 0.6 is 0 Å². The van der Waals surface area contributed by atoms with Gasteiger partial charge in [-0.15, -0.1) is 0 Å². The summed E-state index contributed by atoms with van der Waals surface area (Å²) in [6.07, 6.45) is 5.98. The number of hydrogen-bond acceptors (Lipinski definition) is 6. The molecule has 1 aromatic carbocycles. The van der Waals surface area contributed by atoms with E-state index in [1.165, 1.54) is 25.7 Å². The maximum absolute atomic E-state index is 12.1. The van der Waals surface area contributed by atoms with Crippen LogP contribution in [0.5, 0.6) is 11.5 Å². The lowest BCUT2D eigenvalue weighted by atomic mass is 9.96. The van der Waals surface area contributed by atoms with E-state index in [9.17, 15) is 14.4 Å². The molecule has 1 aliphatic carbocycles. The average molecular weight is 392 g/mol. The van der Waals surface area contributed by atoms with Crippen LogP contribution < -0.4 is 20.1 Å². The molecule has 8 heteroatoms. The summed E-state index contributed by atoms with van der Waals surface area (Å²) >= 11 is 0. The number of carbonyl (C=O) groups excluding carboxylic acids is 3. The number of carbonyl (C=O) groups is 3. The molecule has 0 radical (unpaired) electrons. The van der Waals surface area contributed by atoms with Gasteiger partial charge in [-0.3, -0.25) is 10.1 Å². The van der Waals surface area contributed by atoms with Gasteiger partial charge >= 0.3 is 12.0 Å². The van der Waals surface area contributed by atoms with E-state index in [0.717, 1.165) is 32.1 Å². The monoisotopic (exact) mass is 392 g/mol. The first kappa shape index (κ1) is 21.5. The largest absolute Gasteiger partial charge is 0.493 e. The molecule has 1 saturated carbocycles. The number of hydrogen-bond donors (Lipinski definition) is 2. The minimum Gasteiger partial charge on any atom is -0.493 e. The van der Waals surface area contributed by atoms with Crippen LogP contribution in [0.15, 0.2) is 18.2 Å². The standard InChI is InChI=1S/C20H28N2O6/c1-3-11-27-16-10-9-14(12-17(16)26-2)19(24)28-13-18(23)22-20(25)21-15-7-5-4-6-8-15/h9-10,12,15H,3-8,11,13H2,1-2H3,(H2,21,22,23,25). The Kier molecular flexibility index (Phi) is 8.58. The van der Waals surface area contributed by atoms with Crippen molar-refractivity contribution in [2.45, 2.75) is 51.5 Å². The normalized spacial score (nSPS) is 14.1. The smallest absolute Gasteiger partial charge is 0.338 e. The van der Waals surface area contributed by atoms with E-state index >= 15 is 0 Å². The highest BCUT2D eigenvalue weighted by atomic mass is 16.5. The van der Waals surface area contributed by atoms with Crippen molar-refractivity contribution in [1.29, 1.82) is 0 Å². The van der Waals surface area contributed by atoms with E-state index in [2.05, 4.69) is 10.6 Å². The third-order valence-electron chi connectivity index (χ3n) is 4.39. The van der Waals surface area contributed by atoms with Gasteiger partial charge in [-0.1, -0.05) is 26.2 Å². The Morgan fingerprint density at radius 2 is 1.86 bits per heavy atom. The molecule has 2 rings (SSSR count). The Morgan fingerprint density at radius 3 is 2.54 bits per heavy atom. The van der Waals surface area contributed by atoms with E-state index in [-0.39, 0.29) is 11.6 Å². The van der Waals surface area contributed by atoms with Gasteiger partial charge in [0, 0.05) is 6.04 Å². The van der Waals surface area contributed by atoms with Crippen molar-refractivity contribution < 1.29 is 28.6 Å². The lowest BCUT2D eigenvalue weighted by molar-refractivity contribution is -0.123. The van der Waals surface area contributed by atoms with Crippen LogP contribution in [0.1, 0.15) is 55.8 Å². The van der Waals surface area contributed by atoms with Crippen LogP contribution in [0.25, 0.3) is 0 Å². The third kappa shape index (κ3) is 6.75. The highest BCUT2D eigenvalue weighted by molar-refractivity contribution is 5.97. The predicted octanol–water partition coefficient (Wildman–Crippen LogP) is 2.80. The summed E-state index contributed by atoms with van der Waals surface area (Å²) in [6, 6.07) is 4.16. The number of imide groups is 1. The predicted molar refractivity (Wildman–Crippen MR) is 103 cm³/mol. The van der Waals surface area contributed by atoms with E-state index in [1.54, 1.807) is 6.07 Å². The third-order valence-corrected chi connectivity index (χ3v) is 4.39. The van der Waals surface area contributed by atoms with Crippen molar-refractivity contribution in [1.82, 2.24) is 10.6 Å². The second-order valence-corrected chi connectivity index (χ2v) is 6.65. The molecule has 28 heavy (non-hydrogen) atoms. The number of rotatable bonds is 8. The van der Waals surface area contributed by atoms with Crippen molar-refractivity contribution in [3.05, 3.63) is 23.8 Å². The van der Waals surface area contributed by atoms with Gasteiger partial charge in [0.1, 0.15) is 0 Å². The molecule has 1 aromatic rings. The summed E-state index contributed by atoms with van der Waals surface area (Å²) in [4.78, 5) is 35.8. The molecule has 0 bridgehead atoms. The van der Waals surface area contributed by atoms with Gasteiger partial charge in [0.15, 0.2) is 18.1 Å². The maximum atomic E-state index is 12.1. The van der Waals surface area contributed by atoms with Crippen LogP contribution in [0.2, 0.25) is 0 Å². The van der Waals surface area contributed by atoms with Gasteiger partial charge in [-0.25, -0.2) is 9.59 Å². The molecule has 154 valence electrons. The number of methoxy groups -OCH3 is 1. The topological polar surface area (TPSA) is 103 Å². The van der Waals surface area contributed by atoms with Crippen molar-refractivity contribution in [2.75, 3.05) is 20.3 Å². The molecule has 0 aromatic heterocycles. The first-order chi connectivity index (χ1) is 13.5. The molecule has 0 unspecified atom stereocenters. The molecule has 8 nitrogen and oxygen atoms in total. The van der Waals surface area contributed by atoms with Gasteiger partial charge in [-0.05, 0) is 37.5 Å². The zero-order chi connectivity index (χ0) is 20.4. The van der Waals surface area contributed by atoms with E-state index in [0.29, 0.717) is 18.1 Å². The molecular weight excluding hydrogens is 364 g/mol. The Hall–Kier alpha value is -2.77. The number of nitrogens with one attached hydrogen (secondary N) is 2. The Labute approximate surface area is 164 Å². The highest BCUT2D eigenvalue weighted by Crippen LogP contribution is 2.28. The zero-order valence-electron chi connectivity index (χ0n) is 16.4. The molecule has 2 N–H and O–H groups in total. The Balaban J connectivity index is 1.80. The fourth-order valence-electron chi connectivity index (χ4n) is 2.97. The molecule has 0 atom stereocenters. The van der Waals surface area contributed by atoms with Gasteiger partial charge in [-0.2, -0.15) is 0 Å². The molecule has 0 saturated heterocycles. The van der Waals surface area contributed by atoms with Gasteiger partial charge in [0.25, 0.3) is 5.91 Å². The minimum atomic E-state index is -0.691. The molecular formula is C20H28N2O6. The summed E-state index contributed by atoms with van der Waals surface area (Å²) in [7, 11) is 1.47. The van der Waals surface area contributed by atoms with Crippen LogP contribution in [-0.2, 0) is 9.53 Å². The number of ether oxygens (including phenoxy) is 3. The van der Waals surface area contributed by atoms with E-state index < -0.39 is 24.5 Å². The van der Waals surface area contributed by atoms with Crippen molar-refractivity contribution in [2.24, 2.45) is 0 Å². The summed E-state index contributed by atoms with van der Waals surface area (Å²) in [6.45, 7) is 1.97. The summed E-state index contributed by atoms with van der Waals surface area (Å²) in [5.74, 6) is -0.447. The number of esters is 1. The zero-order valence-corrected chi connectivity index (χ0v) is 16.4. The fraction of sp³-hybridized carbons (Fsp3) is 0.550. The van der Waals surface area contributed by atoms with E-state index in [4.69, 9.17) is 14.2 Å². The number of benzene rings is 1. The molecule has 0 heterocycles. The fourth-order valence-corrected chi connectivity index (χ4v) is 2.97. The lowest BCUT2D eigenvalue weighted by Gasteiger charge is -2.22. The average Bonchev–Trinajstić information content (AvgIpc) is 2.70. The van der Waals surface area contributed by atoms with Crippen LogP contribution in [-0.4, -0.2) is 44.3 Å². The minimum absolute atomic E-state index is 0.0880. The highest BCUT2D eigenvalue weighted by Gasteiger charge is 2.18. The Morgan fingerprint density at radius 1 is 1.11 bits per heavy atom. The lowest BCUT2D eigenvalue weighted by Crippen LogP contribution is -2.46. The molecule has 1 aliphatic rings. The molecule has 3 amide bonds. The first-order valence-corrected chi connectivity index (χ1v) is 9.61. The number of urea groups is 1. The van der Waals surface area contributed by atoms with Gasteiger partial charge in [0.05, 0.1) is 19.3 Å². The van der Waals surface area contributed by atoms with Crippen LogP contribution in [0.3, 0.4) is 0 Å². The van der Waals surface area contributed by atoms with Crippen molar-refractivity contribution >= 4 is 17.9 Å². The van der Waals surface area contributed by atoms with Gasteiger partial charge in [0.2, 0.25) is 0 Å². The second kappa shape index (κ2) is 11.2. The maximum Gasteiger partial charge on any atom is 0.338 e. The van der Waals surface area contributed by atoms with Gasteiger partial charge < -0.3 is 19.5 Å². The molecule has 0 aliphatic heterocycles. The van der Waals surface area contributed by atoms with Crippen LogP contribution in [0, 0.1) is 0 Å². The molecule has 0 spiro atoms.